The van der Waals surface area contributed by atoms with E-state index in [2.05, 4.69) is 5.32 Å². The lowest BCUT2D eigenvalue weighted by Crippen LogP contribution is -2.46. The molecule has 1 aromatic rings. The second-order valence-electron chi connectivity index (χ2n) is 4.84. The van der Waals surface area contributed by atoms with E-state index in [1.54, 1.807) is 23.1 Å². The van der Waals surface area contributed by atoms with Gasteiger partial charge in [0.1, 0.15) is 0 Å². The molecule has 1 fully saturated rings. The normalized spacial score (nSPS) is 23.3. The maximum atomic E-state index is 12.1. The number of aliphatic hydroxyl groups is 1. The molecule has 0 aromatic heterocycles. The Morgan fingerprint density at radius 1 is 1.42 bits per heavy atom. The minimum atomic E-state index is -0.325. The SMILES string of the molecule is CC1CN(C(=O)Nc2ccc(Cl)c(Cl)c2)CCC1O. The van der Waals surface area contributed by atoms with E-state index in [1.165, 1.54) is 0 Å². The number of hydrogen-bond donors (Lipinski definition) is 2. The molecule has 2 N–H and O–H groups in total. The number of aliphatic hydroxyl groups excluding tert-OH is 1. The van der Waals surface area contributed by atoms with Crippen LogP contribution in [0, 0.1) is 5.92 Å². The van der Waals surface area contributed by atoms with Crippen LogP contribution >= 0.6 is 23.2 Å². The molecule has 0 spiro atoms. The number of carbonyl (C=O) groups is 1. The number of amides is 2. The number of likely N-dealkylation sites (tertiary alicyclic amines) is 1. The zero-order valence-electron chi connectivity index (χ0n) is 10.6. The zero-order valence-corrected chi connectivity index (χ0v) is 12.1. The molecule has 1 aliphatic rings. The first kappa shape index (κ1) is 14.4. The van der Waals surface area contributed by atoms with E-state index in [-0.39, 0.29) is 18.1 Å². The standard InChI is InChI=1S/C13H16Cl2N2O2/c1-8-7-17(5-4-12(8)18)13(19)16-9-2-3-10(14)11(15)6-9/h2-3,6,8,12,18H,4-5,7H2,1H3,(H,16,19). The number of nitrogens with one attached hydrogen (secondary N) is 1. The molecule has 1 heterocycles. The summed E-state index contributed by atoms with van der Waals surface area (Å²) in [5.41, 5.74) is 0.609. The van der Waals surface area contributed by atoms with Crippen LogP contribution in [0.15, 0.2) is 18.2 Å². The number of benzene rings is 1. The Kier molecular flexibility index (Phi) is 4.55. The average molecular weight is 303 g/mol. The maximum absolute atomic E-state index is 12.1. The van der Waals surface area contributed by atoms with Crippen molar-refractivity contribution in [1.82, 2.24) is 4.90 Å². The summed E-state index contributed by atoms with van der Waals surface area (Å²) < 4.78 is 0. The van der Waals surface area contributed by atoms with Crippen molar-refractivity contribution >= 4 is 34.9 Å². The van der Waals surface area contributed by atoms with Crippen molar-refractivity contribution in [3.8, 4) is 0 Å². The quantitative estimate of drug-likeness (QED) is 0.837. The third-order valence-electron chi connectivity index (χ3n) is 3.32. The number of nitrogens with zero attached hydrogens (tertiary/aromatic N) is 1. The molecule has 0 aliphatic carbocycles. The third kappa shape index (κ3) is 3.53. The van der Waals surface area contributed by atoms with Crippen molar-refractivity contribution in [2.75, 3.05) is 18.4 Å². The summed E-state index contributed by atoms with van der Waals surface area (Å²) in [6.45, 7) is 3.04. The molecule has 2 unspecified atom stereocenters. The van der Waals surface area contributed by atoms with Gasteiger partial charge in [0.2, 0.25) is 0 Å². The minimum Gasteiger partial charge on any atom is -0.393 e. The van der Waals surface area contributed by atoms with Gasteiger partial charge in [-0.2, -0.15) is 0 Å². The highest BCUT2D eigenvalue weighted by Gasteiger charge is 2.27. The van der Waals surface area contributed by atoms with Gasteiger partial charge in [-0.1, -0.05) is 30.1 Å². The fourth-order valence-electron chi connectivity index (χ4n) is 2.09. The van der Waals surface area contributed by atoms with Crippen LogP contribution in [0.4, 0.5) is 10.5 Å². The van der Waals surface area contributed by atoms with Crippen molar-refractivity contribution in [2.45, 2.75) is 19.4 Å². The van der Waals surface area contributed by atoms with Crippen molar-refractivity contribution in [3.63, 3.8) is 0 Å². The van der Waals surface area contributed by atoms with Crippen LogP contribution in [0.1, 0.15) is 13.3 Å². The molecule has 0 saturated carbocycles. The van der Waals surface area contributed by atoms with Crippen LogP contribution in [0.2, 0.25) is 10.0 Å². The predicted molar refractivity (Wildman–Crippen MR) is 76.8 cm³/mol. The van der Waals surface area contributed by atoms with Crippen LogP contribution < -0.4 is 5.32 Å². The summed E-state index contributed by atoms with van der Waals surface area (Å²) in [6.07, 6.45) is 0.282. The second kappa shape index (κ2) is 5.99. The van der Waals surface area contributed by atoms with Gasteiger partial charge < -0.3 is 15.3 Å². The number of urea groups is 1. The lowest BCUT2D eigenvalue weighted by Gasteiger charge is -2.34. The number of anilines is 1. The maximum Gasteiger partial charge on any atom is 0.321 e. The summed E-state index contributed by atoms with van der Waals surface area (Å²) in [5, 5.41) is 13.3. The van der Waals surface area contributed by atoms with E-state index >= 15 is 0 Å². The van der Waals surface area contributed by atoms with E-state index in [9.17, 15) is 9.90 Å². The Morgan fingerprint density at radius 3 is 2.79 bits per heavy atom. The molecule has 2 atom stereocenters. The zero-order chi connectivity index (χ0) is 14.0. The molecule has 19 heavy (non-hydrogen) atoms. The molecule has 0 bridgehead atoms. The molecule has 2 rings (SSSR count). The summed E-state index contributed by atoms with van der Waals surface area (Å²) in [7, 11) is 0. The van der Waals surface area contributed by atoms with Gasteiger partial charge in [0.05, 0.1) is 16.1 Å². The molecule has 0 radical (unpaired) electrons. The van der Waals surface area contributed by atoms with Crippen LogP contribution in [0.3, 0.4) is 0 Å². The number of hydrogen-bond acceptors (Lipinski definition) is 2. The molecule has 1 aromatic carbocycles. The second-order valence-corrected chi connectivity index (χ2v) is 5.65. The Hall–Kier alpha value is -0.970. The molecule has 2 amide bonds. The summed E-state index contributed by atoms with van der Waals surface area (Å²) in [5.74, 6) is 0.0910. The highest BCUT2D eigenvalue weighted by molar-refractivity contribution is 6.42. The highest BCUT2D eigenvalue weighted by Crippen LogP contribution is 2.25. The van der Waals surface area contributed by atoms with Gasteiger partial charge in [0.25, 0.3) is 0 Å². The van der Waals surface area contributed by atoms with Crippen molar-refractivity contribution < 1.29 is 9.90 Å². The lowest BCUT2D eigenvalue weighted by atomic mass is 9.97. The Bertz CT molecular complexity index is 482. The predicted octanol–water partition coefficient (Wildman–Crippen LogP) is 3.23. The minimum absolute atomic E-state index is 0.0910. The van der Waals surface area contributed by atoms with Crippen molar-refractivity contribution in [2.24, 2.45) is 5.92 Å². The van der Waals surface area contributed by atoms with Crippen LogP contribution in [0.5, 0.6) is 0 Å². The van der Waals surface area contributed by atoms with Gasteiger partial charge in [-0.15, -0.1) is 0 Å². The van der Waals surface area contributed by atoms with Crippen LogP contribution in [0.25, 0.3) is 0 Å². The van der Waals surface area contributed by atoms with E-state index < -0.39 is 0 Å². The molecule has 4 nitrogen and oxygen atoms in total. The summed E-state index contributed by atoms with van der Waals surface area (Å²) in [4.78, 5) is 13.8. The number of carbonyl (C=O) groups excluding carboxylic acids is 1. The number of halogens is 2. The molecule has 6 heteroatoms. The molecule has 104 valence electrons. The fraction of sp³-hybridized carbons (Fsp3) is 0.462. The molecular weight excluding hydrogens is 287 g/mol. The van der Waals surface area contributed by atoms with E-state index in [0.29, 0.717) is 35.2 Å². The number of rotatable bonds is 1. The first-order valence-electron chi connectivity index (χ1n) is 6.16. The first-order chi connectivity index (χ1) is 8.97. The third-order valence-corrected chi connectivity index (χ3v) is 4.06. The smallest absolute Gasteiger partial charge is 0.321 e. The van der Waals surface area contributed by atoms with E-state index in [4.69, 9.17) is 23.2 Å². The van der Waals surface area contributed by atoms with Gasteiger partial charge in [-0.25, -0.2) is 4.79 Å². The van der Waals surface area contributed by atoms with Gasteiger partial charge >= 0.3 is 6.03 Å². The Labute approximate surface area is 122 Å². The molecular formula is C13H16Cl2N2O2. The first-order valence-corrected chi connectivity index (χ1v) is 6.92. The lowest BCUT2D eigenvalue weighted by molar-refractivity contribution is 0.0506. The summed E-state index contributed by atoms with van der Waals surface area (Å²) in [6, 6.07) is 4.78. The fourth-order valence-corrected chi connectivity index (χ4v) is 2.39. The van der Waals surface area contributed by atoms with Gasteiger partial charge in [0, 0.05) is 18.8 Å². The Balaban J connectivity index is 1.99. The highest BCUT2D eigenvalue weighted by atomic mass is 35.5. The summed E-state index contributed by atoms with van der Waals surface area (Å²) >= 11 is 11.7. The number of piperidine rings is 1. The molecule has 1 aliphatic heterocycles. The topological polar surface area (TPSA) is 52.6 Å². The Morgan fingerprint density at radius 2 is 2.16 bits per heavy atom. The van der Waals surface area contributed by atoms with E-state index in [0.717, 1.165) is 0 Å². The van der Waals surface area contributed by atoms with Gasteiger partial charge in [-0.3, -0.25) is 0 Å². The van der Waals surface area contributed by atoms with Crippen molar-refractivity contribution in [1.29, 1.82) is 0 Å². The van der Waals surface area contributed by atoms with E-state index in [1.807, 2.05) is 6.92 Å². The van der Waals surface area contributed by atoms with Crippen molar-refractivity contribution in [3.05, 3.63) is 28.2 Å². The van der Waals surface area contributed by atoms with Gasteiger partial charge in [-0.05, 0) is 30.5 Å². The largest absolute Gasteiger partial charge is 0.393 e. The molecule has 1 saturated heterocycles. The van der Waals surface area contributed by atoms with Gasteiger partial charge in [0.15, 0.2) is 0 Å². The van der Waals surface area contributed by atoms with Crippen LogP contribution in [-0.2, 0) is 0 Å². The van der Waals surface area contributed by atoms with Crippen LogP contribution in [-0.4, -0.2) is 35.2 Å². The monoisotopic (exact) mass is 302 g/mol. The average Bonchev–Trinajstić information content (AvgIpc) is 2.37.